The molecule has 7 nitrogen and oxygen atoms in total. The van der Waals surface area contributed by atoms with Crippen LogP contribution in [0.25, 0.3) is 0 Å². The van der Waals surface area contributed by atoms with Crippen LogP contribution in [0.3, 0.4) is 0 Å². The summed E-state index contributed by atoms with van der Waals surface area (Å²) in [5.41, 5.74) is 2.43. The van der Waals surface area contributed by atoms with Gasteiger partial charge in [0.25, 0.3) is 5.91 Å². The van der Waals surface area contributed by atoms with E-state index in [0.29, 0.717) is 11.5 Å². The molecule has 0 unspecified atom stereocenters. The van der Waals surface area contributed by atoms with Gasteiger partial charge in [0.15, 0.2) is 0 Å². The molecule has 2 aromatic rings. The Morgan fingerprint density at radius 2 is 1.59 bits per heavy atom. The molecule has 2 heterocycles. The highest BCUT2D eigenvalue weighted by molar-refractivity contribution is 6.03. The SMILES string of the molecule is CCCN(CCC)c1ncc(C(=O)Nc2ccc(N3CCN(C)CC3)cc2)cn1. The third-order valence-corrected chi connectivity index (χ3v) is 5.16. The van der Waals surface area contributed by atoms with Gasteiger partial charge in [-0.25, -0.2) is 9.97 Å². The second-order valence-electron chi connectivity index (χ2n) is 7.55. The molecule has 156 valence electrons. The van der Waals surface area contributed by atoms with Crippen LogP contribution >= 0.6 is 0 Å². The molecule has 0 radical (unpaired) electrons. The number of hydrogen-bond acceptors (Lipinski definition) is 6. The van der Waals surface area contributed by atoms with Crippen molar-refractivity contribution in [2.45, 2.75) is 26.7 Å². The summed E-state index contributed by atoms with van der Waals surface area (Å²) in [5, 5.41) is 2.94. The number of carbonyl (C=O) groups excluding carboxylic acids is 1. The molecule has 1 aromatic heterocycles. The van der Waals surface area contributed by atoms with Gasteiger partial charge in [-0.2, -0.15) is 0 Å². The fraction of sp³-hybridized carbons (Fsp3) is 0.500. The van der Waals surface area contributed by atoms with Crippen LogP contribution in [0.15, 0.2) is 36.7 Å². The van der Waals surface area contributed by atoms with Crippen LogP contribution in [0.5, 0.6) is 0 Å². The number of anilines is 3. The van der Waals surface area contributed by atoms with Gasteiger partial charge in [0.1, 0.15) is 0 Å². The highest BCUT2D eigenvalue weighted by Crippen LogP contribution is 2.20. The van der Waals surface area contributed by atoms with E-state index in [-0.39, 0.29) is 5.91 Å². The topological polar surface area (TPSA) is 64.6 Å². The van der Waals surface area contributed by atoms with Gasteiger partial charge < -0.3 is 20.0 Å². The molecule has 1 aliphatic heterocycles. The van der Waals surface area contributed by atoms with Gasteiger partial charge in [-0.15, -0.1) is 0 Å². The van der Waals surface area contributed by atoms with Crippen LogP contribution in [0.1, 0.15) is 37.0 Å². The van der Waals surface area contributed by atoms with Crippen molar-refractivity contribution in [2.75, 3.05) is 61.4 Å². The maximum atomic E-state index is 12.5. The Hall–Kier alpha value is -2.67. The zero-order chi connectivity index (χ0) is 20.6. The van der Waals surface area contributed by atoms with E-state index in [2.05, 4.69) is 63.0 Å². The predicted molar refractivity (Wildman–Crippen MR) is 119 cm³/mol. The van der Waals surface area contributed by atoms with Gasteiger partial charge >= 0.3 is 0 Å². The Morgan fingerprint density at radius 3 is 2.14 bits per heavy atom. The number of piperazine rings is 1. The number of nitrogens with one attached hydrogen (secondary N) is 1. The average Bonchev–Trinajstić information content (AvgIpc) is 2.75. The smallest absolute Gasteiger partial charge is 0.258 e. The summed E-state index contributed by atoms with van der Waals surface area (Å²) in [6.45, 7) is 10.3. The van der Waals surface area contributed by atoms with Gasteiger partial charge in [-0.05, 0) is 44.2 Å². The monoisotopic (exact) mass is 396 g/mol. The number of amides is 1. The first-order chi connectivity index (χ1) is 14.1. The Bertz CT molecular complexity index is 763. The van der Waals surface area contributed by atoms with Crippen LogP contribution in [0.2, 0.25) is 0 Å². The van der Waals surface area contributed by atoms with Crippen LogP contribution in [0.4, 0.5) is 17.3 Å². The van der Waals surface area contributed by atoms with Crippen molar-refractivity contribution < 1.29 is 4.79 Å². The molecule has 7 heteroatoms. The minimum Gasteiger partial charge on any atom is -0.369 e. The zero-order valence-electron chi connectivity index (χ0n) is 17.8. The molecule has 0 aliphatic carbocycles. The summed E-state index contributed by atoms with van der Waals surface area (Å²) in [6, 6.07) is 8.03. The number of likely N-dealkylation sites (N-methyl/N-ethyl adjacent to an activating group) is 1. The van der Waals surface area contributed by atoms with E-state index in [9.17, 15) is 4.79 Å². The van der Waals surface area contributed by atoms with Crippen molar-refractivity contribution in [3.05, 3.63) is 42.2 Å². The van der Waals surface area contributed by atoms with Crippen molar-refractivity contribution in [3.63, 3.8) is 0 Å². The summed E-state index contributed by atoms with van der Waals surface area (Å²) in [4.78, 5) is 28.2. The van der Waals surface area contributed by atoms with Crippen molar-refractivity contribution in [2.24, 2.45) is 0 Å². The van der Waals surface area contributed by atoms with Crippen LogP contribution in [0, 0.1) is 0 Å². The van der Waals surface area contributed by atoms with Crippen molar-refractivity contribution in [1.29, 1.82) is 0 Å². The fourth-order valence-electron chi connectivity index (χ4n) is 3.48. The molecule has 3 rings (SSSR count). The fourth-order valence-corrected chi connectivity index (χ4v) is 3.48. The summed E-state index contributed by atoms with van der Waals surface area (Å²) in [5.74, 6) is 0.489. The Kier molecular flexibility index (Phi) is 7.41. The van der Waals surface area contributed by atoms with E-state index in [1.54, 1.807) is 12.4 Å². The lowest BCUT2D eigenvalue weighted by molar-refractivity contribution is 0.102. The van der Waals surface area contributed by atoms with Gasteiger partial charge in [0.05, 0.1) is 5.56 Å². The first kappa shape index (κ1) is 21.0. The molecular weight excluding hydrogens is 364 g/mol. The molecule has 1 aliphatic rings. The number of carbonyl (C=O) groups is 1. The van der Waals surface area contributed by atoms with Crippen LogP contribution in [-0.2, 0) is 0 Å². The first-order valence-corrected chi connectivity index (χ1v) is 10.5. The maximum Gasteiger partial charge on any atom is 0.258 e. The molecule has 1 saturated heterocycles. The first-order valence-electron chi connectivity index (χ1n) is 10.5. The molecular formula is C22H32N6O. The van der Waals surface area contributed by atoms with Crippen molar-refractivity contribution in [1.82, 2.24) is 14.9 Å². The number of benzene rings is 1. The maximum absolute atomic E-state index is 12.5. The lowest BCUT2D eigenvalue weighted by Gasteiger charge is -2.34. The second kappa shape index (κ2) is 10.2. The van der Waals surface area contributed by atoms with Crippen molar-refractivity contribution >= 4 is 23.2 Å². The average molecular weight is 397 g/mol. The number of nitrogens with zero attached hydrogens (tertiary/aromatic N) is 5. The minimum absolute atomic E-state index is 0.193. The van der Waals surface area contributed by atoms with Crippen molar-refractivity contribution in [3.8, 4) is 0 Å². The Balaban J connectivity index is 1.59. The van der Waals surface area contributed by atoms with E-state index >= 15 is 0 Å². The van der Waals surface area contributed by atoms with Gasteiger partial charge in [-0.3, -0.25) is 4.79 Å². The summed E-state index contributed by atoms with van der Waals surface area (Å²) >= 11 is 0. The van der Waals surface area contributed by atoms with E-state index < -0.39 is 0 Å². The zero-order valence-corrected chi connectivity index (χ0v) is 17.8. The van der Waals surface area contributed by atoms with Gasteiger partial charge in [0.2, 0.25) is 5.95 Å². The summed E-state index contributed by atoms with van der Waals surface area (Å²) in [7, 11) is 2.15. The molecule has 0 saturated carbocycles. The molecule has 1 amide bonds. The highest BCUT2D eigenvalue weighted by atomic mass is 16.1. The quantitative estimate of drug-likeness (QED) is 0.740. The predicted octanol–water partition coefficient (Wildman–Crippen LogP) is 3.11. The largest absolute Gasteiger partial charge is 0.369 e. The molecule has 0 bridgehead atoms. The molecule has 29 heavy (non-hydrogen) atoms. The molecule has 0 spiro atoms. The number of rotatable bonds is 8. The van der Waals surface area contributed by atoms with Gasteiger partial charge in [0, 0.05) is 63.0 Å². The third-order valence-electron chi connectivity index (χ3n) is 5.16. The standard InChI is InChI=1S/C22H32N6O/c1-4-10-28(11-5-2)22-23-16-18(17-24-22)21(29)25-19-6-8-20(9-7-19)27-14-12-26(3)13-15-27/h6-9,16-17H,4-5,10-15H2,1-3H3,(H,25,29). The minimum atomic E-state index is -0.193. The van der Waals surface area contributed by atoms with Crippen LogP contribution in [-0.4, -0.2) is 67.1 Å². The molecule has 1 aromatic carbocycles. The lowest BCUT2D eigenvalue weighted by atomic mass is 10.2. The second-order valence-corrected chi connectivity index (χ2v) is 7.55. The number of hydrogen-bond donors (Lipinski definition) is 1. The van der Waals surface area contributed by atoms with Gasteiger partial charge in [-0.1, -0.05) is 13.8 Å². The van der Waals surface area contributed by atoms with E-state index in [1.807, 2.05) is 12.1 Å². The highest BCUT2D eigenvalue weighted by Gasteiger charge is 2.15. The van der Waals surface area contributed by atoms with E-state index in [0.717, 1.165) is 57.8 Å². The summed E-state index contributed by atoms with van der Waals surface area (Å²) < 4.78 is 0. The Morgan fingerprint density at radius 1 is 1.00 bits per heavy atom. The van der Waals surface area contributed by atoms with Crippen LogP contribution < -0.4 is 15.1 Å². The van der Waals surface area contributed by atoms with E-state index in [4.69, 9.17) is 0 Å². The summed E-state index contributed by atoms with van der Waals surface area (Å²) in [6.07, 6.45) is 5.29. The Labute approximate surface area is 173 Å². The normalized spacial score (nSPS) is 14.7. The molecule has 1 N–H and O–H groups in total. The third kappa shape index (κ3) is 5.67. The number of aromatic nitrogens is 2. The molecule has 1 fully saturated rings. The molecule has 0 atom stereocenters. The lowest BCUT2D eigenvalue weighted by Crippen LogP contribution is -2.44. The van der Waals surface area contributed by atoms with E-state index in [1.165, 1.54) is 5.69 Å².